The molecular formula is C24H23NO2. The lowest BCUT2D eigenvalue weighted by atomic mass is 9.81. The Hall–Kier alpha value is -3.07. The quantitative estimate of drug-likeness (QED) is 0.665. The van der Waals surface area contributed by atoms with Crippen molar-refractivity contribution in [1.82, 2.24) is 0 Å². The maximum atomic E-state index is 10.1. The van der Waals surface area contributed by atoms with E-state index in [1.165, 1.54) is 16.7 Å². The summed E-state index contributed by atoms with van der Waals surface area (Å²) in [7, 11) is 0. The van der Waals surface area contributed by atoms with Crippen LogP contribution in [-0.2, 0) is 4.84 Å². The van der Waals surface area contributed by atoms with E-state index in [4.69, 9.17) is 4.84 Å². The molecule has 0 aromatic heterocycles. The van der Waals surface area contributed by atoms with E-state index in [1.807, 2.05) is 36.4 Å². The molecule has 0 unspecified atom stereocenters. The minimum atomic E-state index is -0.219. The predicted octanol–water partition coefficient (Wildman–Crippen LogP) is 5.58. The van der Waals surface area contributed by atoms with Crippen LogP contribution in [-0.4, -0.2) is 10.8 Å². The Morgan fingerprint density at radius 2 is 1.48 bits per heavy atom. The molecule has 0 fully saturated rings. The Bertz CT molecular complexity index is 985. The highest BCUT2D eigenvalue weighted by Gasteiger charge is 2.38. The van der Waals surface area contributed by atoms with Gasteiger partial charge in [-0.15, -0.1) is 0 Å². The Labute approximate surface area is 159 Å². The van der Waals surface area contributed by atoms with Crippen LogP contribution in [0.4, 0.5) is 0 Å². The summed E-state index contributed by atoms with van der Waals surface area (Å²) < 4.78 is 0. The van der Waals surface area contributed by atoms with Crippen LogP contribution in [0.3, 0.4) is 0 Å². The molecule has 3 aromatic carbocycles. The summed E-state index contributed by atoms with van der Waals surface area (Å²) in [6.45, 7) is 6.34. The molecule has 1 N–H and O–H groups in total. The van der Waals surface area contributed by atoms with Crippen LogP contribution in [0.5, 0.6) is 5.75 Å². The molecule has 1 aliphatic heterocycles. The third-order valence-corrected chi connectivity index (χ3v) is 5.15. The number of hydrogen-bond acceptors (Lipinski definition) is 3. The van der Waals surface area contributed by atoms with Gasteiger partial charge in [0.2, 0.25) is 0 Å². The number of rotatable bonds is 3. The lowest BCUT2D eigenvalue weighted by Gasteiger charge is -2.22. The first kappa shape index (κ1) is 17.3. The molecule has 0 saturated carbocycles. The molecule has 0 amide bonds. The number of nitrogens with zero attached hydrogens (tertiary/aromatic N) is 1. The summed E-state index contributed by atoms with van der Waals surface area (Å²) in [5.74, 6) is 0.169. The van der Waals surface area contributed by atoms with Crippen LogP contribution in [0.15, 0.2) is 71.9 Å². The van der Waals surface area contributed by atoms with Crippen LogP contribution in [0, 0.1) is 20.8 Å². The molecule has 0 spiro atoms. The van der Waals surface area contributed by atoms with Gasteiger partial charge in [0.25, 0.3) is 0 Å². The maximum Gasteiger partial charge on any atom is 0.165 e. The average molecular weight is 357 g/mol. The van der Waals surface area contributed by atoms with E-state index in [1.54, 1.807) is 6.07 Å². The van der Waals surface area contributed by atoms with Gasteiger partial charge >= 0.3 is 0 Å². The molecule has 1 aliphatic rings. The van der Waals surface area contributed by atoms with Crippen LogP contribution in [0.25, 0.3) is 0 Å². The van der Waals surface area contributed by atoms with Crippen molar-refractivity contribution < 1.29 is 9.94 Å². The molecule has 3 heteroatoms. The van der Waals surface area contributed by atoms with Crippen LogP contribution >= 0.6 is 0 Å². The molecule has 136 valence electrons. The molecule has 0 radical (unpaired) electrons. The molecule has 4 rings (SSSR count). The molecule has 0 saturated heterocycles. The SMILES string of the molecule is Cc1cc(C)c(C2=NO[C@H](c3ccccc3)[C@H]2c2cccc(O)c2)c(C)c1. The minimum absolute atomic E-state index is 0.0837. The van der Waals surface area contributed by atoms with Gasteiger partial charge in [0.05, 0.1) is 11.6 Å². The molecule has 2 atom stereocenters. The van der Waals surface area contributed by atoms with Crippen LogP contribution in [0.2, 0.25) is 0 Å². The Balaban J connectivity index is 1.86. The monoisotopic (exact) mass is 357 g/mol. The summed E-state index contributed by atoms with van der Waals surface area (Å²) in [6.07, 6.45) is -0.219. The normalized spacial score (nSPS) is 18.9. The van der Waals surface area contributed by atoms with E-state index in [0.717, 1.165) is 22.4 Å². The zero-order valence-corrected chi connectivity index (χ0v) is 15.8. The standard InChI is InChI=1S/C24H23NO2/c1-15-12-16(2)21(17(3)13-15)23-22(19-10-7-11-20(26)14-19)24(27-25-23)18-8-5-4-6-9-18/h4-14,22,24,26H,1-3H3/t22-,24+/m0/s1. The topological polar surface area (TPSA) is 41.8 Å². The second-order valence-corrected chi connectivity index (χ2v) is 7.26. The fraction of sp³-hybridized carbons (Fsp3) is 0.208. The number of benzene rings is 3. The van der Waals surface area contributed by atoms with E-state index in [0.29, 0.717) is 0 Å². The van der Waals surface area contributed by atoms with Crippen molar-refractivity contribution in [3.05, 3.63) is 100 Å². The third kappa shape index (κ3) is 3.21. The van der Waals surface area contributed by atoms with Crippen molar-refractivity contribution in [2.24, 2.45) is 5.16 Å². The first-order chi connectivity index (χ1) is 13.0. The molecule has 0 aliphatic carbocycles. The Morgan fingerprint density at radius 1 is 0.815 bits per heavy atom. The number of hydrogen-bond donors (Lipinski definition) is 1. The van der Waals surface area contributed by atoms with Gasteiger partial charge in [0.15, 0.2) is 6.10 Å². The van der Waals surface area contributed by atoms with Gasteiger partial charge in [0.1, 0.15) is 5.75 Å². The highest BCUT2D eigenvalue weighted by molar-refractivity contribution is 6.08. The maximum absolute atomic E-state index is 10.1. The third-order valence-electron chi connectivity index (χ3n) is 5.15. The van der Waals surface area contributed by atoms with E-state index < -0.39 is 0 Å². The summed E-state index contributed by atoms with van der Waals surface area (Å²) in [5.41, 5.74) is 7.74. The zero-order valence-electron chi connectivity index (χ0n) is 15.8. The molecule has 0 bridgehead atoms. The summed E-state index contributed by atoms with van der Waals surface area (Å²) in [5, 5.41) is 14.6. The van der Waals surface area contributed by atoms with Gasteiger partial charge in [-0.05, 0) is 55.2 Å². The molecule has 1 heterocycles. The highest BCUT2D eigenvalue weighted by Crippen LogP contribution is 2.43. The first-order valence-corrected chi connectivity index (χ1v) is 9.20. The minimum Gasteiger partial charge on any atom is -0.508 e. The van der Waals surface area contributed by atoms with Crippen LogP contribution < -0.4 is 0 Å². The number of oxime groups is 1. The van der Waals surface area contributed by atoms with Crippen molar-refractivity contribution >= 4 is 5.71 Å². The highest BCUT2D eigenvalue weighted by atomic mass is 16.6. The van der Waals surface area contributed by atoms with Crippen molar-refractivity contribution in [2.45, 2.75) is 32.8 Å². The van der Waals surface area contributed by atoms with Crippen LogP contribution in [0.1, 0.15) is 45.4 Å². The average Bonchev–Trinajstić information content (AvgIpc) is 3.06. The van der Waals surface area contributed by atoms with E-state index >= 15 is 0 Å². The summed E-state index contributed by atoms with van der Waals surface area (Å²) in [4.78, 5) is 5.96. The fourth-order valence-corrected chi connectivity index (χ4v) is 4.11. The van der Waals surface area contributed by atoms with Gasteiger partial charge < -0.3 is 9.94 Å². The van der Waals surface area contributed by atoms with Crippen molar-refractivity contribution in [2.75, 3.05) is 0 Å². The zero-order chi connectivity index (χ0) is 19.0. The fourth-order valence-electron chi connectivity index (χ4n) is 4.11. The van der Waals surface area contributed by atoms with Crippen molar-refractivity contribution in [1.29, 1.82) is 0 Å². The number of aryl methyl sites for hydroxylation is 3. The van der Waals surface area contributed by atoms with Gasteiger partial charge in [-0.25, -0.2) is 0 Å². The van der Waals surface area contributed by atoms with Gasteiger partial charge in [-0.1, -0.05) is 65.3 Å². The lowest BCUT2D eigenvalue weighted by molar-refractivity contribution is 0.0762. The van der Waals surface area contributed by atoms with E-state index in [9.17, 15) is 5.11 Å². The molecular weight excluding hydrogens is 334 g/mol. The number of aromatic hydroxyl groups is 1. The predicted molar refractivity (Wildman–Crippen MR) is 108 cm³/mol. The molecule has 3 nitrogen and oxygen atoms in total. The van der Waals surface area contributed by atoms with Crippen molar-refractivity contribution in [3.8, 4) is 5.75 Å². The van der Waals surface area contributed by atoms with E-state index in [2.05, 4.69) is 50.2 Å². The van der Waals surface area contributed by atoms with Gasteiger partial charge in [0, 0.05) is 5.56 Å². The first-order valence-electron chi connectivity index (χ1n) is 9.20. The number of phenolic OH excluding ortho intramolecular Hbond substituents is 1. The molecule has 3 aromatic rings. The largest absolute Gasteiger partial charge is 0.508 e. The second kappa shape index (κ2) is 6.92. The summed E-state index contributed by atoms with van der Waals surface area (Å²) >= 11 is 0. The summed E-state index contributed by atoms with van der Waals surface area (Å²) in [6, 6.07) is 21.9. The van der Waals surface area contributed by atoms with Crippen molar-refractivity contribution in [3.63, 3.8) is 0 Å². The van der Waals surface area contributed by atoms with Gasteiger partial charge in [-0.3, -0.25) is 0 Å². The number of phenols is 1. The molecule has 27 heavy (non-hydrogen) atoms. The second-order valence-electron chi connectivity index (χ2n) is 7.26. The lowest BCUT2D eigenvalue weighted by Crippen LogP contribution is -2.18. The smallest absolute Gasteiger partial charge is 0.165 e. The van der Waals surface area contributed by atoms with E-state index in [-0.39, 0.29) is 17.8 Å². The Morgan fingerprint density at radius 3 is 2.15 bits per heavy atom. The van der Waals surface area contributed by atoms with Gasteiger partial charge in [-0.2, -0.15) is 0 Å². The Kier molecular flexibility index (Phi) is 4.44.